The van der Waals surface area contributed by atoms with E-state index in [1.54, 1.807) is 0 Å². The second-order valence-corrected chi connectivity index (χ2v) is 5.59. The number of rotatable bonds is 4. The molecule has 0 unspecified atom stereocenters. The topological polar surface area (TPSA) is 83.2 Å². The van der Waals surface area contributed by atoms with Crippen LogP contribution in [0.2, 0.25) is 0 Å². The first-order valence-corrected chi connectivity index (χ1v) is 7.35. The SMILES string of the molecule is Cc1cc(C)c(CNC(=O)NC[C@H]2CCCOC2)c(=O)[nH]1. The van der Waals surface area contributed by atoms with Crippen LogP contribution in [0, 0.1) is 19.8 Å². The number of carbonyl (C=O) groups is 1. The molecule has 2 amide bonds. The van der Waals surface area contributed by atoms with Crippen molar-refractivity contribution in [1.82, 2.24) is 15.6 Å². The van der Waals surface area contributed by atoms with Crippen LogP contribution in [0.3, 0.4) is 0 Å². The van der Waals surface area contributed by atoms with Crippen LogP contribution < -0.4 is 16.2 Å². The smallest absolute Gasteiger partial charge is 0.315 e. The van der Waals surface area contributed by atoms with Crippen molar-refractivity contribution in [3.63, 3.8) is 0 Å². The lowest BCUT2D eigenvalue weighted by atomic mass is 10.0. The van der Waals surface area contributed by atoms with Gasteiger partial charge >= 0.3 is 6.03 Å². The third-order valence-corrected chi connectivity index (χ3v) is 3.73. The summed E-state index contributed by atoms with van der Waals surface area (Å²) in [5, 5.41) is 5.56. The highest BCUT2D eigenvalue weighted by molar-refractivity contribution is 5.73. The lowest BCUT2D eigenvalue weighted by Gasteiger charge is -2.22. The molecule has 1 aromatic rings. The number of pyridine rings is 1. The fourth-order valence-corrected chi connectivity index (χ4v) is 2.54. The predicted octanol–water partition coefficient (Wildman–Crippen LogP) is 1.22. The maximum Gasteiger partial charge on any atom is 0.315 e. The first kappa shape index (κ1) is 15.6. The number of nitrogens with one attached hydrogen (secondary N) is 3. The first-order valence-electron chi connectivity index (χ1n) is 7.35. The second-order valence-electron chi connectivity index (χ2n) is 5.59. The van der Waals surface area contributed by atoms with Gasteiger partial charge in [-0.2, -0.15) is 0 Å². The Morgan fingerprint density at radius 1 is 1.43 bits per heavy atom. The summed E-state index contributed by atoms with van der Waals surface area (Å²) in [4.78, 5) is 26.4. The summed E-state index contributed by atoms with van der Waals surface area (Å²) in [7, 11) is 0. The maximum atomic E-state index is 11.8. The van der Waals surface area contributed by atoms with Crippen molar-refractivity contribution in [2.24, 2.45) is 5.92 Å². The van der Waals surface area contributed by atoms with E-state index in [4.69, 9.17) is 4.74 Å². The third-order valence-electron chi connectivity index (χ3n) is 3.73. The number of aromatic nitrogens is 1. The van der Waals surface area contributed by atoms with Crippen LogP contribution >= 0.6 is 0 Å². The van der Waals surface area contributed by atoms with Crippen LogP contribution in [-0.4, -0.2) is 30.8 Å². The van der Waals surface area contributed by atoms with Gasteiger partial charge < -0.3 is 20.4 Å². The standard InChI is InChI=1S/C15H23N3O3/c1-10-6-11(2)18-14(19)13(10)8-17-15(20)16-7-12-4-3-5-21-9-12/h6,12H,3-5,7-9H2,1-2H3,(H,18,19)(H2,16,17,20)/t12-/m1/s1. The van der Waals surface area contributed by atoms with Gasteiger partial charge in [-0.05, 0) is 44.2 Å². The summed E-state index contributed by atoms with van der Waals surface area (Å²) < 4.78 is 5.37. The van der Waals surface area contributed by atoms with Crippen LogP contribution in [0.1, 0.15) is 29.7 Å². The average molecular weight is 293 g/mol. The van der Waals surface area contributed by atoms with Gasteiger partial charge in [0.05, 0.1) is 13.2 Å². The predicted molar refractivity (Wildman–Crippen MR) is 80.3 cm³/mol. The summed E-state index contributed by atoms with van der Waals surface area (Å²) in [6.45, 7) is 6.07. The number of H-pyrrole nitrogens is 1. The molecule has 2 heterocycles. The zero-order chi connectivity index (χ0) is 15.2. The van der Waals surface area contributed by atoms with Gasteiger partial charge in [-0.3, -0.25) is 4.79 Å². The number of aryl methyl sites for hydroxylation is 2. The Hall–Kier alpha value is -1.82. The molecule has 1 fully saturated rings. The summed E-state index contributed by atoms with van der Waals surface area (Å²) >= 11 is 0. The molecule has 1 saturated heterocycles. The minimum Gasteiger partial charge on any atom is -0.381 e. The highest BCUT2D eigenvalue weighted by Gasteiger charge is 2.15. The van der Waals surface area contributed by atoms with E-state index >= 15 is 0 Å². The van der Waals surface area contributed by atoms with Gasteiger partial charge in [-0.25, -0.2) is 4.79 Å². The van der Waals surface area contributed by atoms with Crippen molar-refractivity contribution in [3.05, 3.63) is 33.2 Å². The highest BCUT2D eigenvalue weighted by Crippen LogP contribution is 2.11. The monoisotopic (exact) mass is 293 g/mol. The minimum absolute atomic E-state index is 0.145. The van der Waals surface area contributed by atoms with E-state index < -0.39 is 0 Å². The molecule has 3 N–H and O–H groups in total. The summed E-state index contributed by atoms with van der Waals surface area (Å²) in [6, 6.07) is 1.65. The Kier molecular flexibility index (Phi) is 5.38. The summed E-state index contributed by atoms with van der Waals surface area (Å²) in [5.74, 6) is 0.383. The van der Waals surface area contributed by atoms with E-state index in [-0.39, 0.29) is 18.1 Å². The van der Waals surface area contributed by atoms with E-state index in [1.165, 1.54) is 0 Å². The van der Waals surface area contributed by atoms with Crippen molar-refractivity contribution >= 4 is 6.03 Å². The molecule has 1 aliphatic rings. The molecule has 0 radical (unpaired) electrons. The molecule has 1 atom stereocenters. The molecule has 1 aliphatic heterocycles. The first-order chi connectivity index (χ1) is 10.1. The number of amides is 2. The molecule has 0 aliphatic carbocycles. The second kappa shape index (κ2) is 7.26. The molecule has 116 valence electrons. The number of hydrogen-bond donors (Lipinski definition) is 3. The Morgan fingerprint density at radius 3 is 2.90 bits per heavy atom. The molecule has 0 saturated carbocycles. The maximum absolute atomic E-state index is 11.8. The number of urea groups is 1. The van der Waals surface area contributed by atoms with E-state index in [1.807, 2.05) is 19.9 Å². The number of carbonyl (C=O) groups excluding carboxylic acids is 1. The van der Waals surface area contributed by atoms with Crippen molar-refractivity contribution in [1.29, 1.82) is 0 Å². The van der Waals surface area contributed by atoms with E-state index in [9.17, 15) is 9.59 Å². The largest absolute Gasteiger partial charge is 0.381 e. The molecule has 6 nitrogen and oxygen atoms in total. The van der Waals surface area contributed by atoms with Crippen LogP contribution in [0.5, 0.6) is 0 Å². The zero-order valence-corrected chi connectivity index (χ0v) is 12.6. The van der Waals surface area contributed by atoms with Gasteiger partial charge in [0, 0.05) is 24.4 Å². The Morgan fingerprint density at radius 2 is 2.24 bits per heavy atom. The Labute approximate surface area is 124 Å². The molecule has 0 bridgehead atoms. The van der Waals surface area contributed by atoms with Crippen LogP contribution in [0.4, 0.5) is 4.79 Å². The van der Waals surface area contributed by atoms with E-state index in [0.29, 0.717) is 24.6 Å². The molecule has 6 heteroatoms. The lowest BCUT2D eigenvalue weighted by Crippen LogP contribution is -2.40. The molecular weight excluding hydrogens is 270 g/mol. The highest BCUT2D eigenvalue weighted by atomic mass is 16.5. The normalized spacial score (nSPS) is 18.3. The summed E-state index contributed by atoms with van der Waals surface area (Å²) in [6.07, 6.45) is 2.13. The number of hydrogen-bond acceptors (Lipinski definition) is 3. The summed E-state index contributed by atoms with van der Waals surface area (Å²) in [5.41, 5.74) is 2.16. The molecule has 0 aromatic carbocycles. The average Bonchev–Trinajstić information content (AvgIpc) is 2.45. The molecule has 2 rings (SSSR count). The van der Waals surface area contributed by atoms with Crippen molar-refractivity contribution in [2.45, 2.75) is 33.2 Å². The van der Waals surface area contributed by atoms with Crippen LogP contribution in [-0.2, 0) is 11.3 Å². The van der Waals surface area contributed by atoms with Gasteiger partial charge in [0.2, 0.25) is 0 Å². The van der Waals surface area contributed by atoms with E-state index in [2.05, 4.69) is 15.6 Å². The molecule has 0 spiro atoms. The fourth-order valence-electron chi connectivity index (χ4n) is 2.54. The van der Waals surface area contributed by atoms with Crippen LogP contribution in [0.25, 0.3) is 0 Å². The fraction of sp³-hybridized carbons (Fsp3) is 0.600. The third kappa shape index (κ3) is 4.60. The Bertz CT molecular complexity index is 548. The van der Waals surface area contributed by atoms with Crippen molar-refractivity contribution < 1.29 is 9.53 Å². The van der Waals surface area contributed by atoms with Crippen LogP contribution in [0.15, 0.2) is 10.9 Å². The lowest BCUT2D eigenvalue weighted by molar-refractivity contribution is 0.0557. The molecular formula is C15H23N3O3. The van der Waals surface area contributed by atoms with Gasteiger partial charge in [-0.1, -0.05) is 0 Å². The quantitative estimate of drug-likeness (QED) is 0.780. The Balaban J connectivity index is 1.80. The van der Waals surface area contributed by atoms with Crippen molar-refractivity contribution in [2.75, 3.05) is 19.8 Å². The van der Waals surface area contributed by atoms with E-state index in [0.717, 1.165) is 30.7 Å². The number of aromatic amines is 1. The van der Waals surface area contributed by atoms with Gasteiger partial charge in [0.25, 0.3) is 5.56 Å². The van der Waals surface area contributed by atoms with Gasteiger partial charge in [0.15, 0.2) is 0 Å². The number of ether oxygens (including phenoxy) is 1. The molecule has 1 aromatic heterocycles. The van der Waals surface area contributed by atoms with Gasteiger partial charge in [-0.15, -0.1) is 0 Å². The van der Waals surface area contributed by atoms with Gasteiger partial charge in [0.1, 0.15) is 0 Å². The minimum atomic E-state index is -0.250. The zero-order valence-electron chi connectivity index (χ0n) is 12.6. The van der Waals surface area contributed by atoms with Crippen molar-refractivity contribution in [3.8, 4) is 0 Å². The molecule has 21 heavy (non-hydrogen) atoms.